The van der Waals surface area contributed by atoms with Crippen LogP contribution in [-0.4, -0.2) is 12.0 Å². The highest BCUT2D eigenvalue weighted by atomic mass is 16.6. The molecule has 0 aliphatic carbocycles. The van der Waals surface area contributed by atoms with E-state index in [9.17, 15) is 10.1 Å². The molecular formula is C9H8NO3. The van der Waals surface area contributed by atoms with Crippen LogP contribution >= 0.6 is 0 Å². The third-order valence-electron chi connectivity index (χ3n) is 1.59. The smallest absolute Gasteiger partial charge is 0.277 e. The van der Waals surface area contributed by atoms with Crippen molar-refractivity contribution in [2.75, 3.05) is 7.11 Å². The molecule has 13 heavy (non-hydrogen) atoms. The van der Waals surface area contributed by atoms with E-state index in [-0.39, 0.29) is 5.69 Å². The summed E-state index contributed by atoms with van der Waals surface area (Å²) in [6.07, 6.45) is 2.48. The topological polar surface area (TPSA) is 52.4 Å². The van der Waals surface area contributed by atoms with E-state index in [4.69, 9.17) is 4.74 Å². The highest BCUT2D eigenvalue weighted by molar-refractivity contribution is 5.48. The van der Waals surface area contributed by atoms with Gasteiger partial charge in [-0.25, -0.2) is 0 Å². The molecule has 0 amide bonds. The molecule has 0 aromatic heterocycles. The fourth-order valence-corrected chi connectivity index (χ4v) is 0.943. The van der Waals surface area contributed by atoms with Crippen LogP contribution in [0.25, 0.3) is 0 Å². The Morgan fingerprint density at radius 3 is 2.77 bits per heavy atom. The summed E-state index contributed by atoms with van der Waals surface area (Å²) in [7, 11) is 1.49. The van der Waals surface area contributed by atoms with Crippen molar-refractivity contribution in [2.45, 2.75) is 0 Å². The van der Waals surface area contributed by atoms with Gasteiger partial charge in [0.05, 0.1) is 17.6 Å². The monoisotopic (exact) mass is 178 g/mol. The lowest BCUT2D eigenvalue weighted by molar-refractivity contribution is -0.385. The molecule has 0 heterocycles. The Hall–Kier alpha value is -1.84. The maximum Gasteiger partial charge on any atom is 0.277 e. The molecule has 0 N–H and O–H groups in total. The maximum absolute atomic E-state index is 10.5. The minimum atomic E-state index is -0.479. The number of ether oxygens (including phenoxy) is 1. The van der Waals surface area contributed by atoms with Crippen molar-refractivity contribution < 1.29 is 9.66 Å². The summed E-state index contributed by atoms with van der Waals surface area (Å²) < 4.78 is 4.90. The first-order chi connectivity index (χ1) is 6.19. The third kappa shape index (κ3) is 1.84. The number of benzene rings is 1. The van der Waals surface area contributed by atoms with Gasteiger partial charge >= 0.3 is 0 Å². The van der Waals surface area contributed by atoms with Crippen molar-refractivity contribution in [3.8, 4) is 5.75 Å². The molecule has 1 aromatic carbocycles. The number of hydrogen-bond acceptors (Lipinski definition) is 3. The molecule has 4 nitrogen and oxygen atoms in total. The van der Waals surface area contributed by atoms with Crippen LogP contribution in [0.15, 0.2) is 24.8 Å². The summed E-state index contributed by atoms with van der Waals surface area (Å²) >= 11 is 0. The van der Waals surface area contributed by atoms with Crippen LogP contribution in [0.2, 0.25) is 0 Å². The molecule has 0 fully saturated rings. The third-order valence-corrected chi connectivity index (χ3v) is 1.59. The predicted molar refractivity (Wildman–Crippen MR) is 47.6 cm³/mol. The van der Waals surface area contributed by atoms with Crippen molar-refractivity contribution in [2.24, 2.45) is 0 Å². The zero-order chi connectivity index (χ0) is 9.84. The van der Waals surface area contributed by atoms with Crippen LogP contribution < -0.4 is 4.74 Å². The molecule has 0 unspecified atom stereocenters. The van der Waals surface area contributed by atoms with Crippen LogP contribution in [0.5, 0.6) is 5.75 Å². The molecular weight excluding hydrogens is 170 g/mol. The van der Waals surface area contributed by atoms with Crippen LogP contribution in [0.1, 0.15) is 5.56 Å². The molecule has 0 bridgehead atoms. The number of rotatable bonds is 3. The van der Waals surface area contributed by atoms with Gasteiger partial charge in [0.25, 0.3) is 5.69 Å². The molecule has 0 atom stereocenters. The molecule has 1 radical (unpaired) electrons. The van der Waals surface area contributed by atoms with Gasteiger partial charge in [0.15, 0.2) is 0 Å². The van der Waals surface area contributed by atoms with Gasteiger partial charge in [-0.2, -0.15) is 0 Å². The fraction of sp³-hybridized carbons (Fsp3) is 0.111. The lowest BCUT2D eigenvalue weighted by atomic mass is 10.1. The van der Waals surface area contributed by atoms with E-state index in [0.717, 1.165) is 0 Å². The molecule has 0 saturated carbocycles. The van der Waals surface area contributed by atoms with Gasteiger partial charge in [0.1, 0.15) is 5.75 Å². The lowest BCUT2D eigenvalue weighted by Gasteiger charge is -2.00. The van der Waals surface area contributed by atoms with Crippen LogP contribution in [0, 0.1) is 16.2 Å². The summed E-state index contributed by atoms with van der Waals surface area (Å²) in [6.45, 7) is 3.36. The first kappa shape index (κ1) is 9.25. The average Bonchev–Trinajstić information content (AvgIpc) is 2.16. The maximum atomic E-state index is 10.5. The highest BCUT2D eigenvalue weighted by Crippen LogP contribution is 2.23. The van der Waals surface area contributed by atoms with Gasteiger partial charge in [0.2, 0.25) is 0 Å². The first-order valence-corrected chi connectivity index (χ1v) is 3.54. The molecule has 4 heteroatoms. The SMILES string of the molecule is C=[C]c1cc(OC)ccc1[N+](=O)[O-]. The Morgan fingerprint density at radius 2 is 2.31 bits per heavy atom. The predicted octanol–water partition coefficient (Wildman–Crippen LogP) is 1.94. The Kier molecular flexibility index (Phi) is 2.64. The van der Waals surface area contributed by atoms with E-state index in [1.807, 2.05) is 0 Å². The normalized spacial score (nSPS) is 9.31. The second-order valence-electron chi connectivity index (χ2n) is 2.32. The molecule has 0 aliphatic rings. The largest absolute Gasteiger partial charge is 0.497 e. The zero-order valence-corrected chi connectivity index (χ0v) is 7.11. The number of methoxy groups -OCH3 is 1. The molecule has 0 saturated heterocycles. The van der Waals surface area contributed by atoms with Crippen molar-refractivity contribution in [1.82, 2.24) is 0 Å². The van der Waals surface area contributed by atoms with E-state index in [0.29, 0.717) is 11.3 Å². The second-order valence-corrected chi connectivity index (χ2v) is 2.32. The summed E-state index contributed by atoms with van der Waals surface area (Å²) in [5.74, 6) is 0.553. The van der Waals surface area contributed by atoms with E-state index in [2.05, 4.69) is 12.7 Å². The fourth-order valence-electron chi connectivity index (χ4n) is 0.943. The van der Waals surface area contributed by atoms with Gasteiger partial charge in [-0.3, -0.25) is 10.1 Å². The summed E-state index contributed by atoms with van der Waals surface area (Å²) in [6, 6.07) is 4.41. The Labute approximate surface area is 75.6 Å². The first-order valence-electron chi connectivity index (χ1n) is 3.54. The van der Waals surface area contributed by atoms with Crippen LogP contribution in [0.3, 0.4) is 0 Å². The second kappa shape index (κ2) is 3.71. The zero-order valence-electron chi connectivity index (χ0n) is 7.11. The summed E-state index contributed by atoms with van der Waals surface area (Å²) in [4.78, 5) is 10.00. The Bertz CT molecular complexity index is 347. The van der Waals surface area contributed by atoms with Gasteiger partial charge in [-0.1, -0.05) is 6.58 Å². The van der Waals surface area contributed by atoms with E-state index >= 15 is 0 Å². The Balaban J connectivity index is 3.23. The summed E-state index contributed by atoms with van der Waals surface area (Å²) in [5.41, 5.74) is 0.320. The lowest BCUT2D eigenvalue weighted by Crippen LogP contribution is -1.92. The van der Waals surface area contributed by atoms with Crippen molar-refractivity contribution in [3.63, 3.8) is 0 Å². The van der Waals surface area contributed by atoms with Crippen LogP contribution in [-0.2, 0) is 0 Å². The quantitative estimate of drug-likeness (QED) is 0.525. The standard InChI is InChI=1S/C9H8NO3/c1-3-7-6-8(13-2)4-5-9(7)10(11)12/h4-6H,1H2,2H3. The van der Waals surface area contributed by atoms with Crippen LogP contribution in [0.4, 0.5) is 5.69 Å². The highest BCUT2D eigenvalue weighted by Gasteiger charge is 2.11. The van der Waals surface area contributed by atoms with Crippen molar-refractivity contribution in [1.29, 1.82) is 0 Å². The molecule has 1 aromatic rings. The summed E-state index contributed by atoms with van der Waals surface area (Å²) in [5, 5.41) is 10.5. The van der Waals surface area contributed by atoms with Gasteiger partial charge in [0, 0.05) is 6.07 Å². The van der Waals surface area contributed by atoms with Crippen molar-refractivity contribution >= 4 is 5.69 Å². The Morgan fingerprint density at radius 1 is 1.62 bits per heavy atom. The minimum Gasteiger partial charge on any atom is -0.497 e. The van der Waals surface area contributed by atoms with E-state index < -0.39 is 4.92 Å². The van der Waals surface area contributed by atoms with E-state index in [1.54, 1.807) is 0 Å². The van der Waals surface area contributed by atoms with Gasteiger partial charge in [-0.05, 0) is 18.2 Å². The number of hydrogen-bond donors (Lipinski definition) is 0. The molecule has 67 valence electrons. The average molecular weight is 178 g/mol. The molecule has 0 spiro atoms. The molecule has 1 rings (SSSR count). The van der Waals surface area contributed by atoms with Gasteiger partial charge in [-0.15, -0.1) is 0 Å². The van der Waals surface area contributed by atoms with Gasteiger partial charge < -0.3 is 4.74 Å². The van der Waals surface area contributed by atoms with Crippen molar-refractivity contribution in [3.05, 3.63) is 46.5 Å². The number of nitro groups is 1. The number of nitrogens with zero attached hydrogens (tertiary/aromatic N) is 1. The van der Waals surface area contributed by atoms with E-state index in [1.165, 1.54) is 25.3 Å². The number of nitro benzene ring substituents is 1. The molecule has 0 aliphatic heterocycles. The minimum absolute atomic E-state index is 0.0178.